The van der Waals surface area contributed by atoms with Crippen molar-refractivity contribution < 1.29 is 9.90 Å². The summed E-state index contributed by atoms with van der Waals surface area (Å²) in [6.07, 6.45) is 1.83. The molecule has 2 amide bonds. The number of urea groups is 1. The minimum atomic E-state index is 0.0282. The Morgan fingerprint density at radius 2 is 2.36 bits per heavy atom. The van der Waals surface area contributed by atoms with Crippen LogP contribution in [0, 0.1) is 5.92 Å². The summed E-state index contributed by atoms with van der Waals surface area (Å²) in [6, 6.07) is 0.222. The average molecular weight is 200 g/mol. The van der Waals surface area contributed by atoms with Crippen LogP contribution in [0.1, 0.15) is 26.7 Å². The predicted molar refractivity (Wildman–Crippen MR) is 55.1 cm³/mol. The van der Waals surface area contributed by atoms with E-state index in [9.17, 15) is 4.79 Å². The molecule has 82 valence electrons. The maximum atomic E-state index is 11.6. The van der Waals surface area contributed by atoms with Crippen LogP contribution in [0.15, 0.2) is 0 Å². The van der Waals surface area contributed by atoms with E-state index in [2.05, 4.69) is 5.32 Å². The normalized spacial score (nSPS) is 21.7. The maximum absolute atomic E-state index is 11.6. The molecule has 4 nitrogen and oxygen atoms in total. The van der Waals surface area contributed by atoms with Gasteiger partial charge in [-0.2, -0.15) is 0 Å². The zero-order valence-corrected chi connectivity index (χ0v) is 8.99. The van der Waals surface area contributed by atoms with Crippen LogP contribution in [0.2, 0.25) is 0 Å². The zero-order valence-electron chi connectivity index (χ0n) is 8.99. The van der Waals surface area contributed by atoms with Gasteiger partial charge in [-0.15, -0.1) is 0 Å². The van der Waals surface area contributed by atoms with Gasteiger partial charge in [-0.1, -0.05) is 0 Å². The summed E-state index contributed by atoms with van der Waals surface area (Å²) in [7, 11) is 0. The molecule has 0 bridgehead atoms. The highest BCUT2D eigenvalue weighted by Crippen LogP contribution is 2.18. The Bertz CT molecular complexity index is 195. The quantitative estimate of drug-likeness (QED) is 0.708. The summed E-state index contributed by atoms with van der Waals surface area (Å²) in [5.74, 6) is 0.484. The van der Waals surface area contributed by atoms with E-state index in [1.165, 1.54) is 0 Å². The first-order chi connectivity index (χ1) is 6.63. The van der Waals surface area contributed by atoms with Gasteiger partial charge in [0, 0.05) is 25.7 Å². The van der Waals surface area contributed by atoms with Crippen molar-refractivity contribution in [2.75, 3.05) is 19.7 Å². The molecule has 1 heterocycles. The van der Waals surface area contributed by atoms with Gasteiger partial charge < -0.3 is 15.3 Å². The van der Waals surface area contributed by atoms with Gasteiger partial charge in [0.2, 0.25) is 0 Å². The zero-order chi connectivity index (χ0) is 10.6. The second-order valence-corrected chi connectivity index (χ2v) is 4.22. The summed E-state index contributed by atoms with van der Waals surface area (Å²) in [6.45, 7) is 5.75. The van der Waals surface area contributed by atoms with Crippen LogP contribution >= 0.6 is 0 Å². The van der Waals surface area contributed by atoms with E-state index in [0.29, 0.717) is 5.92 Å². The van der Waals surface area contributed by atoms with Crippen molar-refractivity contribution in [3.8, 4) is 0 Å². The molecular weight excluding hydrogens is 180 g/mol. The molecule has 2 N–H and O–H groups in total. The van der Waals surface area contributed by atoms with E-state index in [-0.39, 0.29) is 18.7 Å². The van der Waals surface area contributed by atoms with Gasteiger partial charge in [0.05, 0.1) is 0 Å². The number of aliphatic hydroxyl groups is 1. The fourth-order valence-corrected chi connectivity index (χ4v) is 1.77. The fourth-order valence-electron chi connectivity index (χ4n) is 1.77. The van der Waals surface area contributed by atoms with Crippen molar-refractivity contribution in [2.24, 2.45) is 5.92 Å². The largest absolute Gasteiger partial charge is 0.396 e. The molecule has 0 aliphatic carbocycles. The molecule has 1 rings (SSSR count). The number of carbonyl (C=O) groups is 1. The van der Waals surface area contributed by atoms with Crippen LogP contribution in [-0.4, -0.2) is 41.8 Å². The van der Waals surface area contributed by atoms with Crippen molar-refractivity contribution in [3.05, 3.63) is 0 Å². The highest BCUT2D eigenvalue weighted by Gasteiger charge is 2.25. The topological polar surface area (TPSA) is 52.6 Å². The van der Waals surface area contributed by atoms with Crippen LogP contribution in [0.3, 0.4) is 0 Å². The van der Waals surface area contributed by atoms with E-state index in [4.69, 9.17) is 5.11 Å². The smallest absolute Gasteiger partial charge is 0.317 e. The van der Waals surface area contributed by atoms with Crippen molar-refractivity contribution in [1.29, 1.82) is 0 Å². The SMILES string of the molecule is CC(C)NC(=O)N1CCC(CCO)C1. The number of hydrogen-bond acceptors (Lipinski definition) is 2. The molecule has 1 atom stereocenters. The molecule has 1 aliphatic heterocycles. The molecule has 1 fully saturated rings. The summed E-state index contributed by atoms with van der Waals surface area (Å²) >= 11 is 0. The van der Waals surface area contributed by atoms with E-state index >= 15 is 0 Å². The van der Waals surface area contributed by atoms with Gasteiger partial charge in [0.15, 0.2) is 0 Å². The van der Waals surface area contributed by atoms with Gasteiger partial charge in [0.25, 0.3) is 0 Å². The van der Waals surface area contributed by atoms with Crippen LogP contribution in [0.25, 0.3) is 0 Å². The standard InChI is InChI=1S/C10H20N2O2/c1-8(2)11-10(14)12-5-3-9(7-12)4-6-13/h8-9,13H,3-7H2,1-2H3,(H,11,14). The number of amides is 2. The monoisotopic (exact) mass is 200 g/mol. The van der Waals surface area contributed by atoms with E-state index in [0.717, 1.165) is 25.9 Å². The molecule has 1 aliphatic rings. The highest BCUT2D eigenvalue weighted by atomic mass is 16.3. The average Bonchev–Trinajstić information content (AvgIpc) is 2.52. The first-order valence-electron chi connectivity index (χ1n) is 5.29. The van der Waals surface area contributed by atoms with Crippen LogP contribution in [0.4, 0.5) is 4.79 Å². The van der Waals surface area contributed by atoms with E-state index < -0.39 is 0 Å². The first kappa shape index (κ1) is 11.3. The van der Waals surface area contributed by atoms with Crippen molar-refractivity contribution >= 4 is 6.03 Å². The Balaban J connectivity index is 2.30. The maximum Gasteiger partial charge on any atom is 0.317 e. The van der Waals surface area contributed by atoms with E-state index in [1.54, 1.807) is 0 Å². The first-order valence-corrected chi connectivity index (χ1v) is 5.29. The van der Waals surface area contributed by atoms with Gasteiger partial charge in [-0.05, 0) is 32.6 Å². The number of nitrogens with one attached hydrogen (secondary N) is 1. The number of aliphatic hydroxyl groups excluding tert-OH is 1. The number of nitrogens with zero attached hydrogens (tertiary/aromatic N) is 1. The molecule has 4 heteroatoms. The minimum absolute atomic E-state index is 0.0282. The molecule has 14 heavy (non-hydrogen) atoms. The van der Waals surface area contributed by atoms with Crippen molar-refractivity contribution in [2.45, 2.75) is 32.7 Å². The number of carbonyl (C=O) groups excluding carboxylic acids is 1. The van der Waals surface area contributed by atoms with Gasteiger partial charge in [0.1, 0.15) is 0 Å². The third-order valence-electron chi connectivity index (χ3n) is 2.52. The Kier molecular flexibility index (Phi) is 4.20. The van der Waals surface area contributed by atoms with Crippen LogP contribution < -0.4 is 5.32 Å². The van der Waals surface area contributed by atoms with Crippen molar-refractivity contribution in [3.63, 3.8) is 0 Å². The number of likely N-dealkylation sites (tertiary alicyclic amines) is 1. The van der Waals surface area contributed by atoms with Gasteiger partial charge in [-0.3, -0.25) is 0 Å². The lowest BCUT2D eigenvalue weighted by atomic mass is 10.1. The molecule has 0 spiro atoms. The molecular formula is C10H20N2O2. The predicted octanol–water partition coefficient (Wildman–Crippen LogP) is 0.809. The Morgan fingerprint density at radius 1 is 1.64 bits per heavy atom. The van der Waals surface area contributed by atoms with Gasteiger partial charge >= 0.3 is 6.03 Å². The lowest BCUT2D eigenvalue weighted by molar-refractivity contribution is 0.202. The molecule has 0 aromatic heterocycles. The molecule has 0 radical (unpaired) electrons. The van der Waals surface area contributed by atoms with E-state index in [1.807, 2.05) is 18.7 Å². The molecule has 1 unspecified atom stereocenters. The Morgan fingerprint density at radius 3 is 2.93 bits per heavy atom. The number of rotatable bonds is 3. The van der Waals surface area contributed by atoms with Crippen molar-refractivity contribution in [1.82, 2.24) is 10.2 Å². The summed E-state index contributed by atoms with van der Waals surface area (Å²) < 4.78 is 0. The molecule has 0 aromatic rings. The Labute approximate surface area is 85.3 Å². The van der Waals surface area contributed by atoms with Crippen LogP contribution in [-0.2, 0) is 0 Å². The Hall–Kier alpha value is -0.770. The molecule has 0 saturated carbocycles. The lowest BCUT2D eigenvalue weighted by Crippen LogP contribution is -2.41. The lowest BCUT2D eigenvalue weighted by Gasteiger charge is -2.18. The van der Waals surface area contributed by atoms with Crippen LogP contribution in [0.5, 0.6) is 0 Å². The second kappa shape index (κ2) is 5.20. The summed E-state index contributed by atoms with van der Waals surface area (Å²) in [5.41, 5.74) is 0. The fraction of sp³-hybridized carbons (Fsp3) is 0.900. The molecule has 1 saturated heterocycles. The second-order valence-electron chi connectivity index (χ2n) is 4.22. The molecule has 0 aromatic carbocycles. The minimum Gasteiger partial charge on any atom is -0.396 e. The third-order valence-corrected chi connectivity index (χ3v) is 2.52. The summed E-state index contributed by atoms with van der Waals surface area (Å²) in [4.78, 5) is 13.4. The summed E-state index contributed by atoms with van der Waals surface area (Å²) in [5, 5.41) is 11.6. The third kappa shape index (κ3) is 3.18. The highest BCUT2D eigenvalue weighted by molar-refractivity contribution is 5.74. The van der Waals surface area contributed by atoms with Gasteiger partial charge in [-0.25, -0.2) is 4.79 Å². The number of hydrogen-bond donors (Lipinski definition) is 2.